The molecule has 0 saturated heterocycles. The van der Waals surface area contributed by atoms with Crippen LogP contribution in [0.1, 0.15) is 43.7 Å². The number of fused-ring (bicyclic) bond motifs is 1. The molecule has 0 spiro atoms. The Bertz CT molecular complexity index is 444. The van der Waals surface area contributed by atoms with Gasteiger partial charge in [-0.3, -0.25) is 11.3 Å². The van der Waals surface area contributed by atoms with Gasteiger partial charge in [-0.05, 0) is 67.6 Å². The number of rotatable bonds is 5. The van der Waals surface area contributed by atoms with Crippen LogP contribution < -0.4 is 16.0 Å². The Morgan fingerprint density at radius 3 is 2.32 bits per heavy atom. The van der Waals surface area contributed by atoms with Crippen molar-refractivity contribution in [3.8, 4) is 5.75 Å². The first-order chi connectivity index (χ1) is 9.33. The summed E-state index contributed by atoms with van der Waals surface area (Å²) in [6.07, 6.45) is 7.04. The van der Waals surface area contributed by atoms with Gasteiger partial charge in [-0.1, -0.05) is 12.1 Å². The predicted molar refractivity (Wildman–Crippen MR) is 74.5 cm³/mol. The smallest absolute Gasteiger partial charge is 0.119 e. The molecule has 19 heavy (non-hydrogen) atoms. The number of nitrogens with one attached hydrogen (secondary N) is 1. The summed E-state index contributed by atoms with van der Waals surface area (Å²) in [5, 5.41) is 0. The Morgan fingerprint density at radius 2 is 1.74 bits per heavy atom. The van der Waals surface area contributed by atoms with Crippen LogP contribution in [0.3, 0.4) is 0 Å². The molecule has 0 bridgehead atoms. The molecule has 3 fully saturated rings. The molecule has 102 valence electrons. The number of hydrazine groups is 1. The van der Waals surface area contributed by atoms with Gasteiger partial charge in [-0.25, -0.2) is 0 Å². The van der Waals surface area contributed by atoms with Crippen molar-refractivity contribution in [3.63, 3.8) is 0 Å². The maximum absolute atomic E-state index is 5.79. The number of ether oxygens (including phenoxy) is 1. The van der Waals surface area contributed by atoms with Crippen LogP contribution in [-0.4, -0.2) is 6.10 Å². The van der Waals surface area contributed by atoms with Gasteiger partial charge in [0.05, 0.1) is 6.10 Å². The molecule has 0 aliphatic heterocycles. The third-order valence-corrected chi connectivity index (χ3v) is 5.00. The number of benzene rings is 1. The second kappa shape index (κ2) is 4.50. The van der Waals surface area contributed by atoms with E-state index in [1.165, 1.54) is 37.7 Å². The molecule has 3 unspecified atom stereocenters. The van der Waals surface area contributed by atoms with Crippen molar-refractivity contribution < 1.29 is 4.74 Å². The maximum atomic E-state index is 5.79. The van der Waals surface area contributed by atoms with Crippen molar-refractivity contribution in [1.29, 1.82) is 0 Å². The van der Waals surface area contributed by atoms with Gasteiger partial charge in [0, 0.05) is 6.04 Å². The van der Waals surface area contributed by atoms with E-state index in [1.54, 1.807) is 0 Å². The average molecular weight is 258 g/mol. The van der Waals surface area contributed by atoms with Gasteiger partial charge >= 0.3 is 0 Å². The first kappa shape index (κ1) is 11.7. The second-order valence-electron chi connectivity index (χ2n) is 6.52. The number of hydrogen-bond acceptors (Lipinski definition) is 3. The number of hydrogen-bond donors (Lipinski definition) is 2. The first-order valence-electron chi connectivity index (χ1n) is 7.56. The summed E-state index contributed by atoms with van der Waals surface area (Å²) < 4.78 is 5.79. The highest BCUT2D eigenvalue weighted by Crippen LogP contribution is 2.57. The zero-order valence-electron chi connectivity index (χ0n) is 11.2. The molecule has 0 amide bonds. The van der Waals surface area contributed by atoms with Crippen LogP contribution in [0.2, 0.25) is 0 Å². The Hall–Kier alpha value is -1.06. The van der Waals surface area contributed by atoms with Gasteiger partial charge in [0.15, 0.2) is 0 Å². The fourth-order valence-electron chi connectivity index (χ4n) is 3.67. The molecular formula is C16H22N2O. The minimum atomic E-state index is 0.308. The monoisotopic (exact) mass is 258 g/mol. The third kappa shape index (κ3) is 2.37. The van der Waals surface area contributed by atoms with Gasteiger partial charge in [0.2, 0.25) is 0 Å². The highest BCUT2D eigenvalue weighted by Gasteiger charge is 2.47. The molecule has 4 rings (SSSR count). The minimum Gasteiger partial charge on any atom is -0.490 e. The van der Waals surface area contributed by atoms with Crippen molar-refractivity contribution in [3.05, 3.63) is 29.8 Å². The molecule has 0 heterocycles. The summed E-state index contributed by atoms with van der Waals surface area (Å²) in [5.74, 6) is 9.50. The van der Waals surface area contributed by atoms with Gasteiger partial charge in [-0.2, -0.15) is 0 Å². The van der Waals surface area contributed by atoms with Crippen LogP contribution in [-0.2, 0) is 0 Å². The van der Waals surface area contributed by atoms with E-state index in [1.807, 2.05) is 0 Å². The Labute approximate surface area is 114 Å². The van der Waals surface area contributed by atoms with Crippen molar-refractivity contribution >= 4 is 0 Å². The summed E-state index contributed by atoms with van der Waals surface area (Å²) in [6, 6.07) is 8.84. The first-order valence-corrected chi connectivity index (χ1v) is 7.56. The van der Waals surface area contributed by atoms with Gasteiger partial charge in [-0.15, -0.1) is 0 Å². The Balaban J connectivity index is 1.46. The van der Waals surface area contributed by atoms with E-state index in [0.717, 1.165) is 17.6 Å². The molecule has 3 nitrogen and oxygen atoms in total. The molecule has 3 heteroatoms. The molecule has 1 aromatic rings. The summed E-state index contributed by atoms with van der Waals surface area (Å²) in [4.78, 5) is 0. The molecule has 0 radical (unpaired) electrons. The lowest BCUT2D eigenvalue weighted by Crippen LogP contribution is -2.33. The molecule has 3 aliphatic rings. The van der Waals surface area contributed by atoms with Crippen LogP contribution in [0.5, 0.6) is 5.75 Å². The lowest BCUT2D eigenvalue weighted by Gasteiger charge is -2.24. The molecule has 3 N–H and O–H groups in total. The minimum absolute atomic E-state index is 0.308. The van der Waals surface area contributed by atoms with Gasteiger partial charge in [0.25, 0.3) is 0 Å². The molecule has 0 aromatic heterocycles. The third-order valence-electron chi connectivity index (χ3n) is 5.00. The SMILES string of the molecule is NNC(c1ccc(OC2CC2)cc1)C1CC2CC2C1. The van der Waals surface area contributed by atoms with Crippen molar-refractivity contribution in [2.45, 2.75) is 44.2 Å². The standard InChI is InChI=1S/C16H22N2O/c17-18-16(13-8-11-7-12(11)9-13)10-1-3-14(4-2-10)19-15-5-6-15/h1-4,11-13,15-16,18H,5-9,17H2. The summed E-state index contributed by atoms with van der Waals surface area (Å²) in [5.41, 5.74) is 4.34. The molecule has 3 atom stereocenters. The highest BCUT2D eigenvalue weighted by atomic mass is 16.5. The quantitative estimate of drug-likeness (QED) is 0.630. The zero-order valence-corrected chi connectivity index (χ0v) is 11.2. The Kier molecular flexibility index (Phi) is 2.78. The van der Waals surface area contributed by atoms with E-state index in [9.17, 15) is 0 Å². The normalized spacial score (nSPS) is 33.8. The average Bonchev–Trinajstić information content (AvgIpc) is 3.34. The lowest BCUT2D eigenvalue weighted by atomic mass is 9.89. The highest BCUT2D eigenvalue weighted by molar-refractivity contribution is 5.30. The van der Waals surface area contributed by atoms with E-state index in [-0.39, 0.29) is 0 Å². The van der Waals surface area contributed by atoms with E-state index in [2.05, 4.69) is 29.7 Å². The predicted octanol–water partition coefficient (Wildman–Crippen LogP) is 2.78. The molecule has 3 saturated carbocycles. The summed E-state index contributed by atoms with van der Waals surface area (Å²) >= 11 is 0. The van der Waals surface area contributed by atoms with Gasteiger partial charge < -0.3 is 4.74 Å². The van der Waals surface area contributed by atoms with E-state index in [4.69, 9.17) is 10.6 Å². The molecule has 3 aliphatic carbocycles. The van der Waals surface area contributed by atoms with E-state index in [0.29, 0.717) is 18.1 Å². The van der Waals surface area contributed by atoms with Gasteiger partial charge in [0.1, 0.15) is 5.75 Å². The summed E-state index contributed by atoms with van der Waals surface area (Å²) in [6.45, 7) is 0. The maximum Gasteiger partial charge on any atom is 0.119 e. The summed E-state index contributed by atoms with van der Waals surface area (Å²) in [7, 11) is 0. The van der Waals surface area contributed by atoms with Crippen molar-refractivity contribution in [2.75, 3.05) is 0 Å². The fourth-order valence-corrected chi connectivity index (χ4v) is 3.67. The lowest BCUT2D eigenvalue weighted by molar-refractivity contribution is 0.302. The number of nitrogens with two attached hydrogens (primary N) is 1. The molecule has 1 aromatic carbocycles. The van der Waals surface area contributed by atoms with Crippen LogP contribution in [0, 0.1) is 17.8 Å². The Morgan fingerprint density at radius 1 is 1.05 bits per heavy atom. The largest absolute Gasteiger partial charge is 0.490 e. The van der Waals surface area contributed by atoms with Crippen LogP contribution >= 0.6 is 0 Å². The topological polar surface area (TPSA) is 47.3 Å². The van der Waals surface area contributed by atoms with E-state index < -0.39 is 0 Å². The molecular weight excluding hydrogens is 236 g/mol. The van der Waals surface area contributed by atoms with E-state index >= 15 is 0 Å². The van der Waals surface area contributed by atoms with Crippen molar-refractivity contribution in [1.82, 2.24) is 5.43 Å². The second-order valence-corrected chi connectivity index (χ2v) is 6.52. The zero-order chi connectivity index (χ0) is 12.8. The van der Waals surface area contributed by atoms with Crippen LogP contribution in [0.4, 0.5) is 0 Å². The van der Waals surface area contributed by atoms with Crippen LogP contribution in [0.15, 0.2) is 24.3 Å². The fraction of sp³-hybridized carbons (Fsp3) is 0.625. The van der Waals surface area contributed by atoms with Crippen LogP contribution in [0.25, 0.3) is 0 Å². The van der Waals surface area contributed by atoms with Crippen molar-refractivity contribution in [2.24, 2.45) is 23.6 Å².